The van der Waals surface area contributed by atoms with Gasteiger partial charge in [-0.15, -0.1) is 0 Å². The van der Waals surface area contributed by atoms with Crippen molar-refractivity contribution in [3.63, 3.8) is 0 Å². The number of nitrogens with zero attached hydrogens (tertiary/aromatic N) is 4. The van der Waals surface area contributed by atoms with Gasteiger partial charge < -0.3 is 9.47 Å². The van der Waals surface area contributed by atoms with Crippen molar-refractivity contribution < 1.29 is 9.47 Å². The van der Waals surface area contributed by atoms with E-state index in [1.54, 1.807) is 6.20 Å². The summed E-state index contributed by atoms with van der Waals surface area (Å²) in [4.78, 5) is 6.93. The molecule has 0 spiro atoms. The molecule has 6 nitrogen and oxygen atoms in total. The van der Waals surface area contributed by atoms with Crippen LogP contribution in [0.2, 0.25) is 0 Å². The Morgan fingerprint density at radius 1 is 1.25 bits per heavy atom. The van der Waals surface area contributed by atoms with E-state index in [-0.39, 0.29) is 11.7 Å². The van der Waals surface area contributed by atoms with E-state index < -0.39 is 0 Å². The van der Waals surface area contributed by atoms with Crippen LogP contribution in [0.3, 0.4) is 0 Å². The molecule has 3 atom stereocenters. The van der Waals surface area contributed by atoms with Gasteiger partial charge in [0.1, 0.15) is 6.10 Å². The predicted octanol–water partition coefficient (Wildman–Crippen LogP) is 3.51. The monoisotopic (exact) mass is 384 g/mol. The highest BCUT2D eigenvalue weighted by Crippen LogP contribution is 2.44. The third kappa shape index (κ3) is 3.44. The maximum absolute atomic E-state index is 6.21. The molecular weight excluding hydrogens is 352 g/mol. The van der Waals surface area contributed by atoms with Crippen molar-refractivity contribution in [2.24, 2.45) is 0 Å². The van der Waals surface area contributed by atoms with Crippen LogP contribution < -0.4 is 4.74 Å². The summed E-state index contributed by atoms with van der Waals surface area (Å²) in [6.45, 7) is 9.37. The topological polar surface area (TPSA) is 52.4 Å². The Labute approximate surface area is 167 Å². The second kappa shape index (κ2) is 7.84. The first kappa shape index (κ1) is 19.4. The van der Waals surface area contributed by atoms with Crippen LogP contribution in [-0.4, -0.2) is 51.1 Å². The lowest BCUT2D eigenvalue weighted by Crippen LogP contribution is -2.52. The zero-order valence-corrected chi connectivity index (χ0v) is 17.5. The summed E-state index contributed by atoms with van der Waals surface area (Å²) in [5.74, 6) is 0.720. The summed E-state index contributed by atoms with van der Waals surface area (Å²) in [5, 5.41) is 4.71. The fourth-order valence-corrected chi connectivity index (χ4v) is 5.11. The number of hydrogen-bond donors (Lipinski definition) is 0. The van der Waals surface area contributed by atoms with Gasteiger partial charge in [0.2, 0.25) is 5.88 Å². The molecule has 2 aromatic rings. The summed E-state index contributed by atoms with van der Waals surface area (Å²) in [5.41, 5.74) is 3.74. The molecule has 0 N–H and O–H groups in total. The second-order valence-electron chi connectivity index (χ2n) is 8.15. The van der Waals surface area contributed by atoms with E-state index in [1.807, 2.05) is 25.3 Å². The Morgan fingerprint density at radius 2 is 2.11 bits per heavy atom. The number of rotatable bonds is 6. The minimum absolute atomic E-state index is 0.0491. The first-order chi connectivity index (χ1) is 13.6. The number of methoxy groups -OCH3 is 1. The molecule has 1 saturated carbocycles. The SMILES string of the molecule is CCn1nc(C)c(CN2CC[C@]3(OC)CC[C@H](Oc4ccccn4)C[C@H]23)c1C. The molecule has 2 fully saturated rings. The Bertz CT molecular complexity index is 806. The highest BCUT2D eigenvalue weighted by Gasteiger charge is 2.51. The third-order valence-electron chi connectivity index (χ3n) is 6.77. The highest BCUT2D eigenvalue weighted by atomic mass is 16.5. The van der Waals surface area contributed by atoms with Crippen LogP contribution in [-0.2, 0) is 17.8 Å². The summed E-state index contributed by atoms with van der Waals surface area (Å²) in [6, 6.07) is 6.20. The van der Waals surface area contributed by atoms with Gasteiger partial charge in [-0.1, -0.05) is 6.07 Å². The molecule has 152 valence electrons. The van der Waals surface area contributed by atoms with Crippen LogP contribution in [0, 0.1) is 13.8 Å². The molecule has 0 unspecified atom stereocenters. The van der Waals surface area contributed by atoms with Crippen LogP contribution >= 0.6 is 0 Å². The van der Waals surface area contributed by atoms with Crippen molar-refractivity contribution in [1.29, 1.82) is 0 Å². The Morgan fingerprint density at radius 3 is 2.79 bits per heavy atom. The van der Waals surface area contributed by atoms with Gasteiger partial charge in [-0.2, -0.15) is 5.10 Å². The number of aromatic nitrogens is 3. The zero-order valence-electron chi connectivity index (χ0n) is 17.5. The lowest BCUT2D eigenvalue weighted by atomic mass is 9.79. The number of pyridine rings is 1. The molecule has 1 aliphatic carbocycles. The molecule has 6 heteroatoms. The van der Waals surface area contributed by atoms with Crippen molar-refractivity contribution in [2.45, 2.75) is 77.3 Å². The number of fused-ring (bicyclic) bond motifs is 1. The number of aryl methyl sites for hydroxylation is 2. The first-order valence-corrected chi connectivity index (χ1v) is 10.5. The number of ether oxygens (including phenoxy) is 2. The minimum atomic E-state index is -0.0491. The average molecular weight is 385 g/mol. The quantitative estimate of drug-likeness (QED) is 0.763. The lowest BCUT2D eigenvalue weighted by molar-refractivity contribution is -0.0843. The largest absolute Gasteiger partial charge is 0.474 e. The molecule has 4 rings (SSSR count). The van der Waals surface area contributed by atoms with E-state index in [0.29, 0.717) is 6.04 Å². The molecule has 0 bridgehead atoms. The standard InChI is InChI=1S/C22H32N4O2/c1-5-26-17(3)19(16(2)24-26)15-25-13-11-22(27-4)10-9-18(14-20(22)25)28-21-8-6-7-12-23-21/h6-8,12,18,20H,5,9-11,13-15H2,1-4H3/t18-,20-,22+/m0/s1. The molecule has 1 saturated heterocycles. The summed E-state index contributed by atoms with van der Waals surface area (Å²) < 4.78 is 14.4. The van der Waals surface area contributed by atoms with E-state index in [2.05, 4.69) is 35.3 Å². The molecule has 0 amide bonds. The van der Waals surface area contributed by atoms with Crippen molar-refractivity contribution >= 4 is 0 Å². The van der Waals surface area contributed by atoms with Crippen LogP contribution in [0.1, 0.15) is 49.6 Å². The molecule has 2 aliphatic rings. The summed E-state index contributed by atoms with van der Waals surface area (Å²) >= 11 is 0. The molecular formula is C22H32N4O2. The van der Waals surface area contributed by atoms with Gasteiger partial charge in [0.25, 0.3) is 0 Å². The van der Waals surface area contributed by atoms with Gasteiger partial charge in [-0.25, -0.2) is 4.98 Å². The number of hydrogen-bond acceptors (Lipinski definition) is 5. The number of likely N-dealkylation sites (tertiary alicyclic amines) is 1. The maximum atomic E-state index is 6.21. The second-order valence-corrected chi connectivity index (χ2v) is 8.15. The normalized spacial score (nSPS) is 27.7. The predicted molar refractivity (Wildman–Crippen MR) is 108 cm³/mol. The van der Waals surface area contributed by atoms with Crippen molar-refractivity contribution in [1.82, 2.24) is 19.7 Å². The van der Waals surface area contributed by atoms with E-state index in [0.717, 1.165) is 56.9 Å². The first-order valence-electron chi connectivity index (χ1n) is 10.5. The Balaban J connectivity index is 1.52. The van der Waals surface area contributed by atoms with E-state index in [9.17, 15) is 0 Å². The van der Waals surface area contributed by atoms with Gasteiger partial charge in [-0.3, -0.25) is 9.58 Å². The fraction of sp³-hybridized carbons (Fsp3) is 0.636. The van der Waals surface area contributed by atoms with Gasteiger partial charge in [0.15, 0.2) is 0 Å². The van der Waals surface area contributed by atoms with Gasteiger partial charge in [0, 0.05) is 62.7 Å². The van der Waals surface area contributed by atoms with Gasteiger partial charge >= 0.3 is 0 Å². The van der Waals surface area contributed by atoms with Gasteiger partial charge in [-0.05, 0) is 46.1 Å². The van der Waals surface area contributed by atoms with Crippen molar-refractivity contribution in [3.8, 4) is 5.88 Å². The third-order valence-corrected chi connectivity index (χ3v) is 6.77. The molecule has 28 heavy (non-hydrogen) atoms. The Hall–Kier alpha value is -1.92. The van der Waals surface area contributed by atoms with E-state index in [1.165, 1.54) is 11.3 Å². The highest BCUT2D eigenvalue weighted by molar-refractivity contribution is 5.25. The van der Waals surface area contributed by atoms with Crippen molar-refractivity contribution in [2.75, 3.05) is 13.7 Å². The molecule has 0 aromatic carbocycles. The minimum Gasteiger partial charge on any atom is -0.474 e. The zero-order chi connectivity index (χ0) is 19.7. The van der Waals surface area contributed by atoms with Crippen LogP contribution in [0.15, 0.2) is 24.4 Å². The van der Waals surface area contributed by atoms with E-state index in [4.69, 9.17) is 14.6 Å². The van der Waals surface area contributed by atoms with Crippen LogP contribution in [0.4, 0.5) is 0 Å². The van der Waals surface area contributed by atoms with E-state index >= 15 is 0 Å². The molecule has 1 aliphatic heterocycles. The maximum Gasteiger partial charge on any atom is 0.213 e. The lowest BCUT2D eigenvalue weighted by Gasteiger charge is -2.43. The van der Waals surface area contributed by atoms with Crippen LogP contribution in [0.5, 0.6) is 5.88 Å². The smallest absolute Gasteiger partial charge is 0.213 e. The average Bonchev–Trinajstić information content (AvgIpc) is 3.21. The van der Waals surface area contributed by atoms with Crippen molar-refractivity contribution in [3.05, 3.63) is 41.3 Å². The van der Waals surface area contributed by atoms with Gasteiger partial charge in [0.05, 0.1) is 11.3 Å². The summed E-state index contributed by atoms with van der Waals surface area (Å²) in [7, 11) is 1.88. The molecule has 0 radical (unpaired) electrons. The summed E-state index contributed by atoms with van der Waals surface area (Å²) in [6.07, 6.45) is 6.09. The molecule has 2 aromatic heterocycles. The fourth-order valence-electron chi connectivity index (χ4n) is 5.11. The molecule has 3 heterocycles. The Kier molecular flexibility index (Phi) is 5.43. The van der Waals surface area contributed by atoms with Crippen LogP contribution in [0.25, 0.3) is 0 Å².